The minimum absolute atomic E-state index is 2.09. The SMILES string of the molecule is Oc1c(F)c(F)c(Oc2c(F)c(F)c(O)c(F)c2F)c(F)c1F. The molecule has 0 aliphatic heterocycles. The number of phenolic OH excluding ortho intramolecular Hbond substituents is 2. The Morgan fingerprint density at radius 3 is 0.870 bits per heavy atom. The fourth-order valence-corrected chi connectivity index (χ4v) is 1.48. The molecule has 0 aliphatic carbocycles. The summed E-state index contributed by atoms with van der Waals surface area (Å²) in [6, 6.07) is 0. The van der Waals surface area contributed by atoms with E-state index in [0.717, 1.165) is 0 Å². The van der Waals surface area contributed by atoms with Crippen LogP contribution in [-0.2, 0) is 0 Å². The quantitative estimate of drug-likeness (QED) is 0.638. The summed E-state index contributed by atoms with van der Waals surface area (Å²) < 4.78 is 110. The van der Waals surface area contributed by atoms with Crippen molar-refractivity contribution in [2.45, 2.75) is 0 Å². The lowest BCUT2D eigenvalue weighted by Crippen LogP contribution is -2.05. The molecule has 11 heteroatoms. The standard InChI is InChI=1S/C12H2F8O3/c13-1-5(17)11(6(18)2(14)9(1)21)23-12-7(19)3(15)10(22)4(16)8(12)20/h21-22H. The minimum Gasteiger partial charge on any atom is -0.503 e. The van der Waals surface area contributed by atoms with E-state index in [2.05, 4.69) is 4.74 Å². The van der Waals surface area contributed by atoms with E-state index < -0.39 is 69.5 Å². The average Bonchev–Trinajstić information content (AvgIpc) is 2.54. The van der Waals surface area contributed by atoms with Crippen LogP contribution in [0.15, 0.2) is 0 Å². The van der Waals surface area contributed by atoms with Gasteiger partial charge in [0.15, 0.2) is 11.5 Å². The molecule has 0 heterocycles. The van der Waals surface area contributed by atoms with Gasteiger partial charge in [0.25, 0.3) is 0 Å². The first-order valence-corrected chi connectivity index (χ1v) is 5.37. The lowest BCUT2D eigenvalue weighted by Gasteiger charge is -2.12. The maximum atomic E-state index is 13.4. The number of hydrogen-bond acceptors (Lipinski definition) is 3. The van der Waals surface area contributed by atoms with Gasteiger partial charge in [-0.2, -0.15) is 35.1 Å². The highest BCUT2D eigenvalue weighted by Crippen LogP contribution is 2.40. The van der Waals surface area contributed by atoms with Gasteiger partial charge in [0.1, 0.15) is 0 Å². The van der Waals surface area contributed by atoms with Gasteiger partial charge in [-0.15, -0.1) is 0 Å². The lowest BCUT2D eigenvalue weighted by atomic mass is 10.2. The van der Waals surface area contributed by atoms with Crippen LogP contribution in [0.25, 0.3) is 0 Å². The van der Waals surface area contributed by atoms with Gasteiger partial charge in [-0.05, 0) is 0 Å². The molecule has 0 bridgehead atoms. The third-order valence-electron chi connectivity index (χ3n) is 2.60. The van der Waals surface area contributed by atoms with Crippen LogP contribution in [-0.4, -0.2) is 10.2 Å². The molecule has 0 unspecified atom stereocenters. The van der Waals surface area contributed by atoms with Crippen molar-refractivity contribution in [3.63, 3.8) is 0 Å². The second-order valence-corrected chi connectivity index (χ2v) is 3.97. The van der Waals surface area contributed by atoms with Crippen LogP contribution in [0.4, 0.5) is 35.1 Å². The fraction of sp³-hybridized carbons (Fsp3) is 0. The van der Waals surface area contributed by atoms with Crippen molar-refractivity contribution in [2.75, 3.05) is 0 Å². The largest absolute Gasteiger partial charge is 0.503 e. The highest BCUT2D eigenvalue weighted by molar-refractivity contribution is 5.43. The smallest absolute Gasteiger partial charge is 0.208 e. The number of phenols is 2. The van der Waals surface area contributed by atoms with Crippen molar-refractivity contribution < 1.29 is 50.1 Å². The number of benzene rings is 2. The minimum atomic E-state index is -2.42. The molecule has 3 nitrogen and oxygen atoms in total. The molecule has 2 aromatic carbocycles. The van der Waals surface area contributed by atoms with Crippen LogP contribution < -0.4 is 4.74 Å². The Balaban J connectivity index is 2.71. The van der Waals surface area contributed by atoms with Gasteiger partial charge in [0.2, 0.25) is 58.0 Å². The van der Waals surface area contributed by atoms with Gasteiger partial charge in [-0.1, -0.05) is 0 Å². The van der Waals surface area contributed by atoms with E-state index in [0.29, 0.717) is 0 Å². The zero-order valence-corrected chi connectivity index (χ0v) is 10.3. The summed E-state index contributed by atoms with van der Waals surface area (Å²) in [5, 5.41) is 17.4. The maximum Gasteiger partial charge on any atom is 0.208 e. The first-order chi connectivity index (χ1) is 10.6. The lowest BCUT2D eigenvalue weighted by molar-refractivity contribution is 0.295. The molecule has 2 N–H and O–H groups in total. The van der Waals surface area contributed by atoms with Gasteiger partial charge >= 0.3 is 0 Å². The molecule has 0 aromatic heterocycles. The van der Waals surface area contributed by atoms with E-state index >= 15 is 0 Å². The van der Waals surface area contributed by atoms with Gasteiger partial charge < -0.3 is 14.9 Å². The van der Waals surface area contributed by atoms with Crippen LogP contribution in [0.2, 0.25) is 0 Å². The van der Waals surface area contributed by atoms with Gasteiger partial charge in [0.05, 0.1) is 0 Å². The van der Waals surface area contributed by atoms with Crippen molar-refractivity contribution in [2.24, 2.45) is 0 Å². The zero-order chi connectivity index (χ0) is 17.6. The van der Waals surface area contributed by atoms with E-state index in [4.69, 9.17) is 10.2 Å². The summed E-state index contributed by atoms with van der Waals surface area (Å²) in [6.07, 6.45) is 0. The molecule has 23 heavy (non-hydrogen) atoms. The molecule has 0 radical (unpaired) electrons. The molecular formula is C12H2F8O3. The molecule has 2 rings (SSSR count). The van der Waals surface area contributed by atoms with Gasteiger partial charge in [0, 0.05) is 0 Å². The van der Waals surface area contributed by atoms with Crippen LogP contribution in [0.1, 0.15) is 0 Å². The molecule has 0 aliphatic rings. The second kappa shape index (κ2) is 5.48. The fourth-order valence-electron chi connectivity index (χ4n) is 1.48. The van der Waals surface area contributed by atoms with Crippen molar-refractivity contribution in [1.29, 1.82) is 0 Å². The Bertz CT molecular complexity index is 695. The van der Waals surface area contributed by atoms with Crippen LogP contribution in [0, 0.1) is 46.5 Å². The summed E-state index contributed by atoms with van der Waals surface area (Å²) in [4.78, 5) is 0. The number of ether oxygens (including phenoxy) is 1. The van der Waals surface area contributed by atoms with Crippen LogP contribution >= 0.6 is 0 Å². The second-order valence-electron chi connectivity index (χ2n) is 3.97. The predicted octanol–water partition coefficient (Wildman–Crippen LogP) is 4.00. The zero-order valence-electron chi connectivity index (χ0n) is 10.3. The summed E-state index contributed by atoms with van der Waals surface area (Å²) in [5.41, 5.74) is 0. The molecule has 0 fully saturated rings. The van der Waals surface area contributed by atoms with E-state index in [-0.39, 0.29) is 0 Å². The number of hydrogen-bond donors (Lipinski definition) is 2. The molecule has 0 saturated heterocycles. The van der Waals surface area contributed by atoms with Crippen molar-refractivity contribution in [1.82, 2.24) is 0 Å². The van der Waals surface area contributed by atoms with Crippen molar-refractivity contribution >= 4 is 0 Å². The molecule has 2 aromatic rings. The predicted molar refractivity (Wildman–Crippen MR) is 56.0 cm³/mol. The third-order valence-corrected chi connectivity index (χ3v) is 2.60. The number of rotatable bonds is 2. The van der Waals surface area contributed by atoms with Gasteiger partial charge in [-0.3, -0.25) is 0 Å². The third kappa shape index (κ3) is 2.37. The first-order valence-electron chi connectivity index (χ1n) is 5.37. The first kappa shape index (κ1) is 16.6. The average molecular weight is 346 g/mol. The summed E-state index contributed by atoms with van der Waals surface area (Å²) >= 11 is 0. The Hall–Kier alpha value is -2.72. The maximum absolute atomic E-state index is 13.4. The van der Waals surface area contributed by atoms with E-state index in [9.17, 15) is 35.1 Å². The van der Waals surface area contributed by atoms with Gasteiger partial charge in [-0.25, -0.2) is 0 Å². The van der Waals surface area contributed by atoms with Crippen LogP contribution in [0.5, 0.6) is 23.0 Å². The number of halogens is 8. The molecule has 0 amide bonds. The summed E-state index contributed by atoms with van der Waals surface area (Å²) in [6.45, 7) is 0. The highest BCUT2D eigenvalue weighted by atomic mass is 19.2. The normalized spacial score (nSPS) is 11.0. The van der Waals surface area contributed by atoms with Crippen molar-refractivity contribution in [3.05, 3.63) is 46.5 Å². The Kier molecular flexibility index (Phi) is 3.97. The summed E-state index contributed by atoms with van der Waals surface area (Å²) in [5.74, 6) is -27.6. The Morgan fingerprint density at radius 2 is 0.652 bits per heavy atom. The number of aromatic hydroxyl groups is 2. The van der Waals surface area contributed by atoms with E-state index in [1.54, 1.807) is 0 Å². The Labute approximate surface area is 121 Å². The van der Waals surface area contributed by atoms with Crippen LogP contribution in [0.3, 0.4) is 0 Å². The Morgan fingerprint density at radius 1 is 0.435 bits per heavy atom. The van der Waals surface area contributed by atoms with E-state index in [1.807, 2.05) is 0 Å². The molecule has 0 atom stereocenters. The van der Waals surface area contributed by atoms with E-state index in [1.165, 1.54) is 0 Å². The summed E-state index contributed by atoms with van der Waals surface area (Å²) in [7, 11) is 0. The monoisotopic (exact) mass is 346 g/mol. The highest BCUT2D eigenvalue weighted by Gasteiger charge is 2.32. The molecular weight excluding hydrogens is 344 g/mol. The van der Waals surface area contributed by atoms with Crippen molar-refractivity contribution in [3.8, 4) is 23.0 Å². The topological polar surface area (TPSA) is 49.7 Å². The molecule has 124 valence electrons. The molecule has 0 spiro atoms. The molecule has 0 saturated carbocycles.